The van der Waals surface area contributed by atoms with Crippen LogP contribution in [0.4, 0.5) is 0 Å². The van der Waals surface area contributed by atoms with Crippen molar-refractivity contribution in [2.75, 3.05) is 13.1 Å². The van der Waals surface area contributed by atoms with E-state index in [9.17, 15) is 4.79 Å². The van der Waals surface area contributed by atoms with E-state index in [1.54, 1.807) is 12.1 Å². The molecular formula is C18H18BrN3O2. The van der Waals surface area contributed by atoms with Gasteiger partial charge in [0.2, 0.25) is 0 Å². The molecule has 1 saturated heterocycles. The number of benzene rings is 1. The number of amides is 1. The van der Waals surface area contributed by atoms with Gasteiger partial charge in [0.25, 0.3) is 5.91 Å². The summed E-state index contributed by atoms with van der Waals surface area (Å²) in [5, 5.41) is 0. The first-order chi connectivity index (χ1) is 11.7. The molecule has 1 aromatic carbocycles. The third-order valence-electron chi connectivity index (χ3n) is 4.67. The summed E-state index contributed by atoms with van der Waals surface area (Å²) in [5.41, 5.74) is 2.21. The first kappa shape index (κ1) is 15.4. The van der Waals surface area contributed by atoms with Gasteiger partial charge < -0.3 is 13.9 Å². The third kappa shape index (κ3) is 2.98. The molecule has 0 saturated carbocycles. The Bertz CT molecular complexity index is 862. The van der Waals surface area contributed by atoms with Crippen molar-refractivity contribution in [3.8, 4) is 0 Å². The highest BCUT2D eigenvalue weighted by Gasteiger charge is 2.25. The summed E-state index contributed by atoms with van der Waals surface area (Å²) >= 11 is 3.24. The number of rotatable bonds is 3. The number of fused-ring (bicyclic) bond motifs is 1. The second kappa shape index (κ2) is 6.43. The smallest absolute Gasteiger partial charge is 0.289 e. The standard InChI is InChI=1S/C18H18BrN3O2/c19-17-6-5-16(24-17)18(23)21-9-7-13(8-10-21)11-22-12-20-14-3-1-2-4-15(14)22/h1-6,12-13H,7-11H2. The van der Waals surface area contributed by atoms with E-state index in [1.807, 2.05) is 29.4 Å². The van der Waals surface area contributed by atoms with Crippen LogP contribution in [0.1, 0.15) is 23.4 Å². The lowest BCUT2D eigenvalue weighted by atomic mass is 9.96. The molecule has 0 radical (unpaired) electrons. The van der Waals surface area contributed by atoms with Crippen molar-refractivity contribution in [3.63, 3.8) is 0 Å². The Morgan fingerprint density at radius 2 is 2.00 bits per heavy atom. The van der Waals surface area contributed by atoms with E-state index in [0.717, 1.165) is 38.0 Å². The first-order valence-corrected chi connectivity index (χ1v) is 8.94. The Labute approximate surface area is 148 Å². The predicted molar refractivity (Wildman–Crippen MR) is 94.8 cm³/mol. The molecule has 3 heterocycles. The number of carbonyl (C=O) groups is 1. The van der Waals surface area contributed by atoms with Crippen LogP contribution >= 0.6 is 15.9 Å². The van der Waals surface area contributed by atoms with E-state index in [2.05, 4.69) is 31.5 Å². The fourth-order valence-corrected chi connectivity index (χ4v) is 3.64. The fraction of sp³-hybridized carbons (Fsp3) is 0.333. The molecule has 1 aliphatic rings. The molecule has 1 aliphatic heterocycles. The summed E-state index contributed by atoms with van der Waals surface area (Å²) in [6.07, 6.45) is 3.92. The highest BCUT2D eigenvalue weighted by Crippen LogP contribution is 2.24. The van der Waals surface area contributed by atoms with Gasteiger partial charge in [-0.25, -0.2) is 4.98 Å². The van der Waals surface area contributed by atoms with Gasteiger partial charge in [-0.2, -0.15) is 0 Å². The van der Waals surface area contributed by atoms with Crippen molar-refractivity contribution in [1.29, 1.82) is 0 Å². The lowest BCUT2D eigenvalue weighted by Gasteiger charge is -2.31. The van der Waals surface area contributed by atoms with Crippen LogP contribution in [0.2, 0.25) is 0 Å². The lowest BCUT2D eigenvalue weighted by molar-refractivity contribution is 0.0650. The Balaban J connectivity index is 1.38. The number of carbonyl (C=O) groups excluding carboxylic acids is 1. The van der Waals surface area contributed by atoms with E-state index in [0.29, 0.717) is 16.3 Å². The zero-order valence-electron chi connectivity index (χ0n) is 13.2. The molecule has 4 rings (SSSR count). The minimum Gasteiger partial charge on any atom is -0.444 e. The minimum atomic E-state index is -0.0211. The summed E-state index contributed by atoms with van der Waals surface area (Å²) in [6, 6.07) is 11.7. The Morgan fingerprint density at radius 3 is 2.75 bits per heavy atom. The molecule has 5 nitrogen and oxygen atoms in total. The van der Waals surface area contributed by atoms with Crippen LogP contribution in [0.5, 0.6) is 0 Å². The van der Waals surface area contributed by atoms with Crippen LogP contribution in [0.15, 0.2) is 51.8 Å². The van der Waals surface area contributed by atoms with Gasteiger partial charge >= 0.3 is 0 Å². The van der Waals surface area contributed by atoms with Crippen LogP contribution in [-0.4, -0.2) is 33.4 Å². The van der Waals surface area contributed by atoms with Crippen molar-refractivity contribution in [2.24, 2.45) is 5.92 Å². The van der Waals surface area contributed by atoms with E-state index >= 15 is 0 Å². The van der Waals surface area contributed by atoms with Gasteiger partial charge in [0.15, 0.2) is 10.4 Å². The number of imidazole rings is 1. The Kier molecular flexibility index (Phi) is 4.14. The second-order valence-corrected chi connectivity index (χ2v) is 7.01. The van der Waals surface area contributed by atoms with Gasteiger partial charge in [-0.05, 0) is 59.0 Å². The van der Waals surface area contributed by atoms with Crippen LogP contribution in [0.25, 0.3) is 11.0 Å². The number of aromatic nitrogens is 2. The highest BCUT2D eigenvalue weighted by atomic mass is 79.9. The van der Waals surface area contributed by atoms with Gasteiger partial charge in [0.1, 0.15) is 0 Å². The Morgan fingerprint density at radius 1 is 1.21 bits per heavy atom. The van der Waals surface area contributed by atoms with Crippen LogP contribution in [0.3, 0.4) is 0 Å². The minimum absolute atomic E-state index is 0.0211. The number of piperidine rings is 1. The van der Waals surface area contributed by atoms with Crippen LogP contribution in [-0.2, 0) is 6.54 Å². The average molecular weight is 388 g/mol. The SMILES string of the molecule is O=C(c1ccc(Br)o1)N1CCC(Cn2cnc3ccccc32)CC1. The maximum atomic E-state index is 12.4. The fourth-order valence-electron chi connectivity index (χ4n) is 3.34. The van der Waals surface area contributed by atoms with Crippen molar-refractivity contribution in [2.45, 2.75) is 19.4 Å². The zero-order chi connectivity index (χ0) is 16.5. The Hall–Kier alpha value is -2.08. The summed E-state index contributed by atoms with van der Waals surface area (Å²) in [7, 11) is 0. The first-order valence-electron chi connectivity index (χ1n) is 8.15. The largest absolute Gasteiger partial charge is 0.444 e. The van der Waals surface area contributed by atoms with Crippen molar-refractivity contribution < 1.29 is 9.21 Å². The number of hydrogen-bond acceptors (Lipinski definition) is 3. The normalized spacial score (nSPS) is 16.0. The van der Waals surface area contributed by atoms with Gasteiger partial charge in [0, 0.05) is 19.6 Å². The van der Waals surface area contributed by atoms with Crippen molar-refractivity contribution in [3.05, 3.63) is 53.2 Å². The van der Waals surface area contributed by atoms with E-state index < -0.39 is 0 Å². The van der Waals surface area contributed by atoms with Crippen LogP contribution in [0, 0.1) is 5.92 Å². The summed E-state index contributed by atoms with van der Waals surface area (Å²) in [6.45, 7) is 2.50. The quantitative estimate of drug-likeness (QED) is 0.683. The predicted octanol–water partition coefficient (Wildman–Crippen LogP) is 3.94. The molecule has 0 N–H and O–H groups in total. The number of para-hydroxylation sites is 2. The van der Waals surface area contributed by atoms with Gasteiger partial charge in [-0.15, -0.1) is 0 Å². The van der Waals surface area contributed by atoms with Crippen LogP contribution < -0.4 is 0 Å². The molecule has 0 spiro atoms. The summed E-state index contributed by atoms with van der Waals surface area (Å²) in [5.74, 6) is 0.947. The molecule has 0 atom stereocenters. The summed E-state index contributed by atoms with van der Waals surface area (Å²) in [4.78, 5) is 18.7. The van der Waals surface area contributed by atoms with Gasteiger partial charge in [-0.3, -0.25) is 4.79 Å². The molecule has 0 bridgehead atoms. The van der Waals surface area contributed by atoms with E-state index in [1.165, 1.54) is 5.52 Å². The second-order valence-electron chi connectivity index (χ2n) is 6.22. The molecular weight excluding hydrogens is 370 g/mol. The molecule has 2 aromatic heterocycles. The topological polar surface area (TPSA) is 51.3 Å². The molecule has 124 valence electrons. The monoisotopic (exact) mass is 387 g/mol. The molecule has 1 fully saturated rings. The van der Waals surface area contributed by atoms with E-state index in [-0.39, 0.29) is 5.91 Å². The zero-order valence-corrected chi connectivity index (χ0v) is 14.8. The maximum absolute atomic E-state index is 12.4. The molecule has 24 heavy (non-hydrogen) atoms. The lowest BCUT2D eigenvalue weighted by Crippen LogP contribution is -2.39. The number of halogens is 1. The molecule has 0 aliphatic carbocycles. The number of furan rings is 1. The average Bonchev–Trinajstić information content (AvgIpc) is 3.22. The molecule has 0 unspecified atom stereocenters. The number of likely N-dealkylation sites (tertiary alicyclic amines) is 1. The molecule has 6 heteroatoms. The third-order valence-corrected chi connectivity index (χ3v) is 5.09. The number of nitrogens with zero attached hydrogens (tertiary/aromatic N) is 3. The van der Waals surface area contributed by atoms with E-state index in [4.69, 9.17) is 4.42 Å². The molecule has 1 amide bonds. The van der Waals surface area contributed by atoms with Crippen molar-refractivity contribution >= 4 is 32.9 Å². The van der Waals surface area contributed by atoms with Crippen molar-refractivity contribution in [1.82, 2.24) is 14.5 Å². The van der Waals surface area contributed by atoms with Gasteiger partial charge in [-0.1, -0.05) is 12.1 Å². The van der Waals surface area contributed by atoms with Gasteiger partial charge in [0.05, 0.1) is 17.4 Å². The highest BCUT2D eigenvalue weighted by molar-refractivity contribution is 9.10. The molecule has 3 aromatic rings. The summed E-state index contributed by atoms with van der Waals surface area (Å²) < 4.78 is 8.19. The maximum Gasteiger partial charge on any atom is 0.289 e. The number of hydrogen-bond donors (Lipinski definition) is 0.